The van der Waals surface area contributed by atoms with Crippen LogP contribution in [-0.2, 0) is 17.6 Å². The Bertz CT molecular complexity index is 253. The molecule has 0 amide bonds. The molecule has 3 nitrogen and oxygen atoms in total. The first kappa shape index (κ1) is 8.97. The molecule has 66 valence electrons. The van der Waals surface area contributed by atoms with Crippen LogP contribution in [0.2, 0.25) is 0 Å². The van der Waals surface area contributed by atoms with Gasteiger partial charge in [0.05, 0.1) is 12.6 Å². The first-order valence-electron chi connectivity index (χ1n) is 4.09. The maximum Gasteiger partial charge on any atom is 0.194 e. The van der Waals surface area contributed by atoms with Gasteiger partial charge in [-0.3, -0.25) is 0 Å². The van der Waals surface area contributed by atoms with E-state index >= 15 is 0 Å². The zero-order valence-corrected chi connectivity index (χ0v) is 7.41. The first-order valence-corrected chi connectivity index (χ1v) is 4.09. The summed E-state index contributed by atoms with van der Waals surface area (Å²) in [5.74, 6) is 1.91. The highest BCUT2D eigenvalue weighted by atomic mass is 16.4. The quantitative estimate of drug-likeness (QED) is 0.640. The van der Waals surface area contributed by atoms with Crippen molar-refractivity contribution in [3.8, 4) is 0 Å². The monoisotopic (exact) mass is 167 g/mol. The van der Waals surface area contributed by atoms with Crippen molar-refractivity contribution >= 4 is 6.29 Å². The van der Waals surface area contributed by atoms with Crippen molar-refractivity contribution in [1.29, 1.82) is 0 Å². The van der Waals surface area contributed by atoms with Gasteiger partial charge < -0.3 is 9.21 Å². The van der Waals surface area contributed by atoms with Gasteiger partial charge in [-0.25, -0.2) is 4.98 Å². The molecule has 0 bridgehead atoms. The molecular weight excluding hydrogens is 154 g/mol. The predicted octanol–water partition coefficient (Wildman–Crippen LogP) is 1.61. The third-order valence-corrected chi connectivity index (χ3v) is 1.47. The fourth-order valence-corrected chi connectivity index (χ4v) is 0.968. The summed E-state index contributed by atoms with van der Waals surface area (Å²) in [6.07, 6.45) is 3.59. The highest BCUT2D eigenvalue weighted by Gasteiger charge is 2.04. The van der Waals surface area contributed by atoms with E-state index in [9.17, 15) is 4.79 Å². The van der Waals surface area contributed by atoms with E-state index < -0.39 is 0 Å². The molecule has 3 heteroatoms. The van der Waals surface area contributed by atoms with Crippen LogP contribution in [0.3, 0.4) is 0 Å². The zero-order chi connectivity index (χ0) is 8.97. The lowest BCUT2D eigenvalue weighted by Gasteiger charge is -1.97. The SMILES string of the molecule is CC(C)Cc1ncc(CC=O)o1. The summed E-state index contributed by atoms with van der Waals surface area (Å²) < 4.78 is 5.29. The Balaban J connectivity index is 2.57. The van der Waals surface area contributed by atoms with Gasteiger partial charge in [0.1, 0.15) is 12.0 Å². The average Bonchev–Trinajstić information content (AvgIpc) is 2.36. The van der Waals surface area contributed by atoms with Crippen LogP contribution in [0, 0.1) is 5.92 Å². The van der Waals surface area contributed by atoms with Crippen molar-refractivity contribution < 1.29 is 9.21 Å². The van der Waals surface area contributed by atoms with E-state index in [0.29, 0.717) is 18.1 Å². The zero-order valence-electron chi connectivity index (χ0n) is 7.41. The Morgan fingerprint density at radius 2 is 2.42 bits per heavy atom. The molecule has 1 rings (SSSR count). The molecule has 1 aromatic rings. The third kappa shape index (κ3) is 2.49. The minimum Gasteiger partial charge on any atom is -0.445 e. The van der Waals surface area contributed by atoms with E-state index in [1.807, 2.05) is 0 Å². The summed E-state index contributed by atoms with van der Waals surface area (Å²) in [6, 6.07) is 0. The number of aldehydes is 1. The molecule has 0 aromatic carbocycles. The maximum absolute atomic E-state index is 10.1. The number of hydrogen-bond acceptors (Lipinski definition) is 3. The standard InChI is InChI=1S/C9H13NO2/c1-7(2)5-9-10-6-8(12-9)3-4-11/h4,6-7H,3,5H2,1-2H3. The minimum atomic E-state index is 0.324. The van der Waals surface area contributed by atoms with Crippen molar-refractivity contribution in [2.24, 2.45) is 5.92 Å². The van der Waals surface area contributed by atoms with Crippen molar-refractivity contribution in [2.45, 2.75) is 26.7 Å². The molecular formula is C9H13NO2. The van der Waals surface area contributed by atoms with Gasteiger partial charge in [-0.1, -0.05) is 13.8 Å². The summed E-state index contributed by atoms with van der Waals surface area (Å²) in [6.45, 7) is 4.20. The number of rotatable bonds is 4. The number of carbonyl (C=O) groups excluding carboxylic acids is 1. The Morgan fingerprint density at radius 1 is 1.67 bits per heavy atom. The number of aromatic nitrogens is 1. The highest BCUT2D eigenvalue weighted by Crippen LogP contribution is 2.08. The lowest BCUT2D eigenvalue weighted by molar-refractivity contribution is -0.107. The fourth-order valence-electron chi connectivity index (χ4n) is 0.968. The summed E-state index contributed by atoms with van der Waals surface area (Å²) in [4.78, 5) is 14.2. The summed E-state index contributed by atoms with van der Waals surface area (Å²) in [5, 5.41) is 0. The van der Waals surface area contributed by atoms with E-state index in [2.05, 4.69) is 18.8 Å². The normalized spacial score (nSPS) is 10.6. The molecule has 1 aromatic heterocycles. The molecule has 0 radical (unpaired) electrons. The van der Waals surface area contributed by atoms with Crippen LogP contribution in [0.1, 0.15) is 25.5 Å². The number of hydrogen-bond donors (Lipinski definition) is 0. The molecule has 0 N–H and O–H groups in total. The van der Waals surface area contributed by atoms with Crippen molar-refractivity contribution in [3.63, 3.8) is 0 Å². The van der Waals surface area contributed by atoms with Gasteiger partial charge in [0.2, 0.25) is 0 Å². The molecule has 0 unspecified atom stereocenters. The van der Waals surface area contributed by atoms with Crippen LogP contribution in [0.4, 0.5) is 0 Å². The Labute approximate surface area is 71.8 Å². The molecule has 0 aliphatic rings. The largest absolute Gasteiger partial charge is 0.445 e. The second kappa shape index (κ2) is 4.04. The molecule has 12 heavy (non-hydrogen) atoms. The third-order valence-electron chi connectivity index (χ3n) is 1.47. The molecule has 0 atom stereocenters. The number of carbonyl (C=O) groups is 1. The van der Waals surface area contributed by atoms with E-state index in [-0.39, 0.29) is 0 Å². The van der Waals surface area contributed by atoms with Crippen LogP contribution in [0.5, 0.6) is 0 Å². The van der Waals surface area contributed by atoms with Gasteiger partial charge >= 0.3 is 0 Å². The molecule has 0 fully saturated rings. The van der Waals surface area contributed by atoms with E-state index in [1.165, 1.54) is 0 Å². The molecule has 0 aliphatic heterocycles. The molecule has 0 saturated carbocycles. The molecule has 0 saturated heterocycles. The van der Waals surface area contributed by atoms with Gasteiger partial charge in [-0.15, -0.1) is 0 Å². The van der Waals surface area contributed by atoms with Crippen molar-refractivity contribution in [3.05, 3.63) is 17.8 Å². The highest BCUT2D eigenvalue weighted by molar-refractivity contribution is 5.52. The van der Waals surface area contributed by atoms with E-state index in [0.717, 1.165) is 18.6 Å². The van der Waals surface area contributed by atoms with Crippen LogP contribution >= 0.6 is 0 Å². The summed E-state index contributed by atoms with van der Waals surface area (Å²) in [7, 11) is 0. The maximum atomic E-state index is 10.1. The van der Waals surface area contributed by atoms with E-state index in [4.69, 9.17) is 4.42 Å². The molecule has 0 aliphatic carbocycles. The van der Waals surface area contributed by atoms with Crippen molar-refractivity contribution in [2.75, 3.05) is 0 Å². The second-order valence-electron chi connectivity index (χ2n) is 3.19. The van der Waals surface area contributed by atoms with Crippen molar-refractivity contribution in [1.82, 2.24) is 4.98 Å². The predicted molar refractivity (Wildman–Crippen MR) is 44.8 cm³/mol. The van der Waals surface area contributed by atoms with Crippen LogP contribution in [-0.4, -0.2) is 11.3 Å². The van der Waals surface area contributed by atoms with Gasteiger partial charge in [-0.05, 0) is 5.92 Å². The average molecular weight is 167 g/mol. The second-order valence-corrected chi connectivity index (χ2v) is 3.19. The Morgan fingerprint density at radius 3 is 3.00 bits per heavy atom. The van der Waals surface area contributed by atoms with Gasteiger partial charge in [-0.2, -0.15) is 0 Å². The summed E-state index contributed by atoms with van der Waals surface area (Å²) in [5.41, 5.74) is 0. The van der Waals surface area contributed by atoms with Crippen LogP contribution in [0.15, 0.2) is 10.6 Å². The van der Waals surface area contributed by atoms with Gasteiger partial charge in [0.15, 0.2) is 5.89 Å². The Kier molecular flexibility index (Phi) is 3.02. The number of oxazole rings is 1. The lowest BCUT2D eigenvalue weighted by atomic mass is 10.1. The smallest absolute Gasteiger partial charge is 0.194 e. The molecule has 1 heterocycles. The lowest BCUT2D eigenvalue weighted by Crippen LogP contribution is -1.93. The first-order chi connectivity index (χ1) is 5.72. The minimum absolute atomic E-state index is 0.324. The Hall–Kier alpha value is -1.12. The van der Waals surface area contributed by atoms with Gasteiger partial charge in [0.25, 0.3) is 0 Å². The fraction of sp³-hybridized carbons (Fsp3) is 0.556. The van der Waals surface area contributed by atoms with Crippen LogP contribution in [0.25, 0.3) is 0 Å². The van der Waals surface area contributed by atoms with E-state index in [1.54, 1.807) is 6.20 Å². The molecule has 0 spiro atoms. The summed E-state index contributed by atoms with van der Waals surface area (Å²) >= 11 is 0. The topological polar surface area (TPSA) is 43.1 Å². The van der Waals surface area contributed by atoms with Crippen LogP contribution < -0.4 is 0 Å². The number of nitrogens with zero attached hydrogens (tertiary/aromatic N) is 1. The van der Waals surface area contributed by atoms with Gasteiger partial charge in [0, 0.05) is 6.42 Å².